The van der Waals surface area contributed by atoms with Gasteiger partial charge in [0.2, 0.25) is 0 Å². The van der Waals surface area contributed by atoms with Crippen molar-refractivity contribution in [1.29, 1.82) is 0 Å². The molecule has 0 aliphatic rings. The van der Waals surface area contributed by atoms with Crippen molar-refractivity contribution in [2.24, 2.45) is 0 Å². The molecule has 3 heteroatoms. The number of thiophene rings is 2. The lowest BCUT2D eigenvalue weighted by Gasteiger charge is -2.14. The van der Waals surface area contributed by atoms with Crippen LogP contribution in [0.5, 0.6) is 0 Å². The molecule has 74 valence electrons. The monoisotopic (exact) mass is 223 g/mol. The van der Waals surface area contributed by atoms with E-state index in [1.165, 1.54) is 16.0 Å². The Hall–Kier alpha value is -0.640. The minimum atomic E-state index is 0.362. The molecular weight excluding hydrogens is 210 g/mol. The predicted molar refractivity (Wildman–Crippen MR) is 64.3 cm³/mol. The first-order valence-electron chi connectivity index (χ1n) is 4.56. The van der Waals surface area contributed by atoms with Crippen molar-refractivity contribution >= 4 is 22.7 Å². The Morgan fingerprint density at radius 3 is 2.71 bits per heavy atom. The molecule has 0 saturated heterocycles. The molecule has 0 aliphatic heterocycles. The van der Waals surface area contributed by atoms with Crippen LogP contribution < -0.4 is 5.32 Å². The highest BCUT2D eigenvalue weighted by molar-refractivity contribution is 7.10. The van der Waals surface area contributed by atoms with Crippen molar-refractivity contribution in [1.82, 2.24) is 5.32 Å². The van der Waals surface area contributed by atoms with Crippen LogP contribution >= 0.6 is 22.7 Å². The van der Waals surface area contributed by atoms with Crippen LogP contribution in [0.2, 0.25) is 0 Å². The van der Waals surface area contributed by atoms with Crippen LogP contribution in [0.15, 0.2) is 28.3 Å². The fourth-order valence-electron chi connectivity index (χ4n) is 1.57. The van der Waals surface area contributed by atoms with Crippen molar-refractivity contribution in [3.63, 3.8) is 0 Å². The molecule has 0 radical (unpaired) electrons. The molecule has 2 aromatic rings. The highest BCUT2D eigenvalue weighted by Crippen LogP contribution is 2.29. The van der Waals surface area contributed by atoms with Gasteiger partial charge < -0.3 is 5.32 Å². The molecule has 0 fully saturated rings. The summed E-state index contributed by atoms with van der Waals surface area (Å²) in [6.45, 7) is 2.17. The van der Waals surface area contributed by atoms with Gasteiger partial charge in [-0.25, -0.2) is 0 Å². The molecule has 0 aromatic carbocycles. The highest BCUT2D eigenvalue weighted by atomic mass is 32.1. The Balaban J connectivity index is 2.36. The average Bonchev–Trinajstić information content (AvgIpc) is 2.80. The summed E-state index contributed by atoms with van der Waals surface area (Å²) in [5, 5.41) is 9.93. The Kier molecular flexibility index (Phi) is 3.01. The quantitative estimate of drug-likeness (QED) is 0.840. The van der Waals surface area contributed by atoms with Crippen molar-refractivity contribution in [2.45, 2.75) is 13.0 Å². The third-order valence-electron chi connectivity index (χ3n) is 2.32. The van der Waals surface area contributed by atoms with E-state index in [-0.39, 0.29) is 0 Å². The first-order chi connectivity index (χ1) is 6.83. The third kappa shape index (κ3) is 1.75. The van der Waals surface area contributed by atoms with Crippen LogP contribution in [0.4, 0.5) is 0 Å². The normalized spacial score (nSPS) is 13.0. The van der Waals surface area contributed by atoms with Crippen LogP contribution in [0, 0.1) is 6.92 Å². The number of aryl methyl sites for hydroxylation is 1. The van der Waals surface area contributed by atoms with Gasteiger partial charge in [-0.3, -0.25) is 0 Å². The smallest absolute Gasteiger partial charge is 0.0679 e. The number of hydrogen-bond donors (Lipinski definition) is 1. The highest BCUT2D eigenvalue weighted by Gasteiger charge is 2.15. The maximum absolute atomic E-state index is 3.36. The van der Waals surface area contributed by atoms with Crippen LogP contribution in [0.3, 0.4) is 0 Å². The third-order valence-corrected chi connectivity index (χ3v) is 4.14. The van der Waals surface area contributed by atoms with Gasteiger partial charge in [0.05, 0.1) is 6.04 Å². The van der Waals surface area contributed by atoms with Gasteiger partial charge in [0, 0.05) is 4.88 Å². The fourth-order valence-corrected chi connectivity index (χ4v) is 3.30. The molecule has 0 bridgehead atoms. The van der Waals surface area contributed by atoms with E-state index in [0.29, 0.717) is 6.04 Å². The summed E-state index contributed by atoms with van der Waals surface area (Å²) in [7, 11) is 2.02. The van der Waals surface area contributed by atoms with E-state index in [9.17, 15) is 0 Å². The van der Waals surface area contributed by atoms with Gasteiger partial charge in [-0.1, -0.05) is 6.07 Å². The molecule has 2 heterocycles. The van der Waals surface area contributed by atoms with Crippen molar-refractivity contribution in [3.05, 3.63) is 44.3 Å². The molecule has 0 amide bonds. The van der Waals surface area contributed by atoms with Gasteiger partial charge in [0.25, 0.3) is 0 Å². The maximum atomic E-state index is 3.36. The summed E-state index contributed by atoms with van der Waals surface area (Å²) in [5.74, 6) is 0. The zero-order chi connectivity index (χ0) is 9.97. The zero-order valence-electron chi connectivity index (χ0n) is 8.28. The van der Waals surface area contributed by atoms with Crippen LogP contribution in [0.25, 0.3) is 0 Å². The first kappa shape index (κ1) is 9.90. The molecule has 0 saturated carbocycles. The number of hydrogen-bond acceptors (Lipinski definition) is 3. The van der Waals surface area contributed by atoms with Gasteiger partial charge in [0.15, 0.2) is 0 Å². The number of nitrogens with one attached hydrogen (secondary N) is 1. The van der Waals surface area contributed by atoms with Crippen LogP contribution in [0.1, 0.15) is 22.0 Å². The van der Waals surface area contributed by atoms with Gasteiger partial charge in [-0.2, -0.15) is 11.3 Å². The van der Waals surface area contributed by atoms with Crippen molar-refractivity contribution in [2.75, 3.05) is 7.05 Å². The predicted octanol–water partition coefficient (Wildman–Crippen LogP) is 3.43. The molecule has 1 atom stereocenters. The molecule has 1 nitrogen and oxygen atoms in total. The van der Waals surface area contributed by atoms with Crippen molar-refractivity contribution in [3.8, 4) is 0 Å². The second-order valence-electron chi connectivity index (χ2n) is 3.25. The van der Waals surface area contributed by atoms with Gasteiger partial charge in [-0.05, 0) is 47.3 Å². The lowest BCUT2D eigenvalue weighted by Crippen LogP contribution is -2.16. The summed E-state index contributed by atoms with van der Waals surface area (Å²) >= 11 is 3.58. The number of rotatable bonds is 3. The molecule has 1 N–H and O–H groups in total. The zero-order valence-corrected chi connectivity index (χ0v) is 9.91. The lowest BCUT2D eigenvalue weighted by atomic mass is 10.1. The minimum absolute atomic E-state index is 0.362. The maximum Gasteiger partial charge on any atom is 0.0679 e. The summed E-state index contributed by atoms with van der Waals surface area (Å²) in [6, 6.07) is 4.65. The summed E-state index contributed by atoms with van der Waals surface area (Å²) in [6.07, 6.45) is 0. The minimum Gasteiger partial charge on any atom is -0.309 e. The van der Waals surface area contributed by atoms with E-state index in [1.807, 2.05) is 7.05 Å². The van der Waals surface area contributed by atoms with E-state index in [1.54, 1.807) is 22.7 Å². The lowest BCUT2D eigenvalue weighted by molar-refractivity contribution is 0.702. The molecule has 1 unspecified atom stereocenters. The van der Waals surface area contributed by atoms with Crippen LogP contribution in [-0.4, -0.2) is 7.05 Å². The molecule has 2 aromatic heterocycles. The molecule has 2 rings (SSSR count). The van der Waals surface area contributed by atoms with Gasteiger partial charge in [0.1, 0.15) is 0 Å². The summed E-state index contributed by atoms with van der Waals surface area (Å²) < 4.78 is 0. The van der Waals surface area contributed by atoms with Gasteiger partial charge >= 0.3 is 0 Å². The molecule has 0 aliphatic carbocycles. The average molecular weight is 223 g/mol. The molecular formula is C11H13NS2. The van der Waals surface area contributed by atoms with Crippen LogP contribution in [-0.2, 0) is 0 Å². The Bertz CT molecular complexity index is 389. The Morgan fingerprint density at radius 1 is 1.36 bits per heavy atom. The molecule has 0 spiro atoms. The molecule has 14 heavy (non-hydrogen) atoms. The Labute approximate surface area is 92.4 Å². The Morgan fingerprint density at radius 2 is 2.21 bits per heavy atom. The first-order valence-corrected chi connectivity index (χ1v) is 6.38. The SMILES string of the molecule is CNC(c1cccs1)c1cscc1C. The second-order valence-corrected chi connectivity index (χ2v) is 4.97. The topological polar surface area (TPSA) is 12.0 Å². The summed E-state index contributed by atoms with van der Waals surface area (Å²) in [5.41, 5.74) is 2.78. The van der Waals surface area contributed by atoms with E-state index < -0.39 is 0 Å². The summed E-state index contributed by atoms with van der Waals surface area (Å²) in [4.78, 5) is 1.38. The van der Waals surface area contributed by atoms with E-state index >= 15 is 0 Å². The largest absolute Gasteiger partial charge is 0.309 e. The van der Waals surface area contributed by atoms with E-state index in [4.69, 9.17) is 0 Å². The standard InChI is InChI=1S/C11H13NS2/c1-8-6-13-7-9(8)11(12-2)10-4-3-5-14-10/h3-7,11-12H,1-2H3. The second kappa shape index (κ2) is 4.26. The van der Waals surface area contributed by atoms with E-state index in [2.05, 4.69) is 40.5 Å². The fraction of sp³-hybridized carbons (Fsp3) is 0.273. The van der Waals surface area contributed by atoms with E-state index in [0.717, 1.165) is 0 Å². The van der Waals surface area contributed by atoms with Gasteiger partial charge in [-0.15, -0.1) is 11.3 Å². The van der Waals surface area contributed by atoms with Crippen molar-refractivity contribution < 1.29 is 0 Å².